The summed E-state index contributed by atoms with van der Waals surface area (Å²) in [6, 6.07) is 10.2. The van der Waals surface area contributed by atoms with Crippen molar-refractivity contribution in [1.29, 1.82) is 0 Å². The standard InChI is InChI=1S/C19H17NO7/c1-11(21)27-16-7-5-4-6-15(16)17(22)20-14-9-12(18(23)25-2)8-13(10-14)19(24)26-3/h4-10H,1-3H3,(H,20,22). The molecule has 0 saturated carbocycles. The average Bonchev–Trinajstić information content (AvgIpc) is 2.66. The average molecular weight is 371 g/mol. The van der Waals surface area contributed by atoms with E-state index in [0.29, 0.717) is 0 Å². The fourth-order valence-electron chi connectivity index (χ4n) is 2.27. The highest BCUT2D eigenvalue weighted by atomic mass is 16.5. The number of carbonyl (C=O) groups is 4. The lowest BCUT2D eigenvalue weighted by Gasteiger charge is -2.11. The van der Waals surface area contributed by atoms with Crippen LogP contribution in [0.15, 0.2) is 42.5 Å². The van der Waals surface area contributed by atoms with Gasteiger partial charge in [-0.2, -0.15) is 0 Å². The van der Waals surface area contributed by atoms with Gasteiger partial charge in [-0.15, -0.1) is 0 Å². The predicted molar refractivity (Wildman–Crippen MR) is 94.8 cm³/mol. The number of ether oxygens (including phenoxy) is 3. The summed E-state index contributed by atoms with van der Waals surface area (Å²) in [5, 5.41) is 2.56. The van der Waals surface area contributed by atoms with Gasteiger partial charge in [0, 0.05) is 12.6 Å². The van der Waals surface area contributed by atoms with Gasteiger partial charge in [-0.25, -0.2) is 9.59 Å². The van der Waals surface area contributed by atoms with Crippen LogP contribution in [0, 0.1) is 0 Å². The van der Waals surface area contributed by atoms with Crippen molar-refractivity contribution in [3.8, 4) is 5.75 Å². The zero-order chi connectivity index (χ0) is 20.0. The topological polar surface area (TPSA) is 108 Å². The highest BCUT2D eigenvalue weighted by Crippen LogP contribution is 2.22. The van der Waals surface area contributed by atoms with Gasteiger partial charge >= 0.3 is 17.9 Å². The van der Waals surface area contributed by atoms with Crippen LogP contribution < -0.4 is 10.1 Å². The molecule has 0 heterocycles. The molecule has 8 heteroatoms. The van der Waals surface area contributed by atoms with Crippen molar-refractivity contribution in [3.63, 3.8) is 0 Å². The molecule has 0 aliphatic carbocycles. The third-order valence-corrected chi connectivity index (χ3v) is 3.42. The Balaban J connectivity index is 2.39. The van der Waals surface area contributed by atoms with E-state index in [2.05, 4.69) is 14.8 Å². The molecule has 0 radical (unpaired) electrons. The molecule has 2 aromatic carbocycles. The van der Waals surface area contributed by atoms with E-state index in [0.717, 1.165) is 0 Å². The van der Waals surface area contributed by atoms with Crippen molar-refractivity contribution >= 4 is 29.5 Å². The summed E-state index contributed by atoms with van der Waals surface area (Å²) in [4.78, 5) is 47.4. The van der Waals surface area contributed by atoms with Crippen LogP contribution in [0.25, 0.3) is 0 Å². The summed E-state index contributed by atoms with van der Waals surface area (Å²) in [5.74, 6) is -2.45. The minimum absolute atomic E-state index is 0.0592. The molecule has 1 amide bonds. The van der Waals surface area contributed by atoms with E-state index < -0.39 is 23.8 Å². The lowest BCUT2D eigenvalue weighted by atomic mass is 10.1. The van der Waals surface area contributed by atoms with E-state index in [1.54, 1.807) is 12.1 Å². The maximum Gasteiger partial charge on any atom is 0.337 e. The Kier molecular flexibility index (Phi) is 6.27. The minimum atomic E-state index is -0.684. The maximum absolute atomic E-state index is 12.6. The molecular weight excluding hydrogens is 354 g/mol. The third-order valence-electron chi connectivity index (χ3n) is 3.42. The Morgan fingerprint density at radius 3 is 1.93 bits per heavy atom. The van der Waals surface area contributed by atoms with Crippen LogP contribution in [0.2, 0.25) is 0 Å². The van der Waals surface area contributed by atoms with E-state index in [-0.39, 0.29) is 28.1 Å². The number of carbonyl (C=O) groups excluding carboxylic acids is 4. The van der Waals surface area contributed by atoms with Gasteiger partial charge in [0.15, 0.2) is 0 Å². The Bertz CT molecular complexity index is 870. The summed E-state index contributed by atoms with van der Waals surface area (Å²) in [6.07, 6.45) is 0. The molecule has 0 aliphatic heterocycles. The van der Waals surface area contributed by atoms with Crippen LogP contribution >= 0.6 is 0 Å². The number of rotatable bonds is 5. The number of amides is 1. The van der Waals surface area contributed by atoms with Gasteiger partial charge in [0.1, 0.15) is 5.75 Å². The molecule has 27 heavy (non-hydrogen) atoms. The van der Waals surface area contributed by atoms with Crippen molar-refractivity contribution in [2.24, 2.45) is 0 Å². The van der Waals surface area contributed by atoms with Gasteiger partial charge < -0.3 is 19.5 Å². The van der Waals surface area contributed by atoms with Crippen LogP contribution in [-0.2, 0) is 14.3 Å². The first-order valence-electron chi connectivity index (χ1n) is 7.76. The summed E-state index contributed by atoms with van der Waals surface area (Å²) in [5.41, 5.74) is 0.393. The van der Waals surface area contributed by atoms with Gasteiger partial charge in [-0.1, -0.05) is 12.1 Å². The van der Waals surface area contributed by atoms with E-state index in [1.807, 2.05) is 0 Å². The maximum atomic E-state index is 12.6. The van der Waals surface area contributed by atoms with E-state index >= 15 is 0 Å². The SMILES string of the molecule is COC(=O)c1cc(NC(=O)c2ccccc2OC(C)=O)cc(C(=O)OC)c1. The lowest BCUT2D eigenvalue weighted by Crippen LogP contribution is -2.16. The van der Waals surface area contributed by atoms with Crippen molar-refractivity contribution in [2.75, 3.05) is 19.5 Å². The first-order valence-corrected chi connectivity index (χ1v) is 7.76. The lowest BCUT2D eigenvalue weighted by molar-refractivity contribution is -0.131. The summed E-state index contributed by atoms with van der Waals surface area (Å²) in [6.45, 7) is 1.22. The van der Waals surface area contributed by atoms with Gasteiger partial charge in [0.2, 0.25) is 0 Å². The second kappa shape index (κ2) is 8.61. The second-order valence-electron chi connectivity index (χ2n) is 5.33. The number of nitrogens with one attached hydrogen (secondary N) is 1. The molecule has 0 aliphatic rings. The normalized spacial score (nSPS) is 9.89. The smallest absolute Gasteiger partial charge is 0.337 e. The monoisotopic (exact) mass is 371 g/mol. The number of methoxy groups -OCH3 is 2. The number of hydrogen-bond acceptors (Lipinski definition) is 7. The third kappa shape index (κ3) is 4.91. The summed E-state index contributed by atoms with van der Waals surface area (Å²) >= 11 is 0. The molecule has 0 fully saturated rings. The molecule has 0 saturated heterocycles. The predicted octanol–water partition coefficient (Wildman–Crippen LogP) is 2.44. The highest BCUT2D eigenvalue weighted by molar-refractivity contribution is 6.07. The number of benzene rings is 2. The van der Waals surface area contributed by atoms with Crippen LogP contribution in [0.1, 0.15) is 38.0 Å². The van der Waals surface area contributed by atoms with Gasteiger partial charge in [0.05, 0.1) is 30.9 Å². The minimum Gasteiger partial charge on any atom is -0.465 e. The first-order chi connectivity index (χ1) is 12.8. The Labute approximate surface area is 155 Å². The summed E-state index contributed by atoms with van der Waals surface area (Å²) in [7, 11) is 2.39. The Morgan fingerprint density at radius 1 is 0.852 bits per heavy atom. The quantitative estimate of drug-likeness (QED) is 0.635. The molecule has 0 atom stereocenters. The van der Waals surface area contributed by atoms with Crippen molar-refractivity contribution < 1.29 is 33.4 Å². The second-order valence-corrected chi connectivity index (χ2v) is 5.33. The van der Waals surface area contributed by atoms with Crippen molar-refractivity contribution in [2.45, 2.75) is 6.92 Å². The van der Waals surface area contributed by atoms with Crippen LogP contribution in [0.3, 0.4) is 0 Å². The molecule has 2 aromatic rings. The molecular formula is C19H17NO7. The highest BCUT2D eigenvalue weighted by Gasteiger charge is 2.17. The zero-order valence-corrected chi connectivity index (χ0v) is 14.9. The van der Waals surface area contributed by atoms with Gasteiger partial charge in [-0.05, 0) is 30.3 Å². The molecule has 0 bridgehead atoms. The summed E-state index contributed by atoms with van der Waals surface area (Å²) < 4.78 is 14.3. The van der Waals surface area contributed by atoms with Crippen molar-refractivity contribution in [3.05, 3.63) is 59.2 Å². The molecule has 0 unspecified atom stereocenters. The zero-order valence-electron chi connectivity index (χ0n) is 14.9. The number of esters is 3. The van der Waals surface area contributed by atoms with E-state index in [9.17, 15) is 19.2 Å². The van der Waals surface area contributed by atoms with Gasteiger partial charge in [-0.3, -0.25) is 9.59 Å². The molecule has 0 aromatic heterocycles. The molecule has 140 valence electrons. The number of para-hydroxylation sites is 1. The fourth-order valence-corrected chi connectivity index (χ4v) is 2.27. The fraction of sp³-hybridized carbons (Fsp3) is 0.158. The van der Waals surface area contributed by atoms with Crippen LogP contribution in [-0.4, -0.2) is 38.0 Å². The van der Waals surface area contributed by atoms with E-state index in [4.69, 9.17) is 4.74 Å². The molecule has 0 spiro atoms. The largest absolute Gasteiger partial charge is 0.465 e. The van der Waals surface area contributed by atoms with Gasteiger partial charge in [0.25, 0.3) is 5.91 Å². The molecule has 2 rings (SSSR count). The number of hydrogen-bond donors (Lipinski definition) is 1. The molecule has 8 nitrogen and oxygen atoms in total. The Morgan fingerprint density at radius 2 is 1.41 bits per heavy atom. The van der Waals surface area contributed by atoms with Crippen molar-refractivity contribution in [1.82, 2.24) is 0 Å². The molecule has 1 N–H and O–H groups in total. The van der Waals surface area contributed by atoms with E-state index in [1.165, 1.54) is 51.5 Å². The number of anilines is 1. The van der Waals surface area contributed by atoms with Crippen LogP contribution in [0.4, 0.5) is 5.69 Å². The first kappa shape index (κ1) is 19.6. The Hall–Kier alpha value is -3.68. The van der Waals surface area contributed by atoms with Crippen LogP contribution in [0.5, 0.6) is 5.75 Å².